The van der Waals surface area contributed by atoms with Gasteiger partial charge in [0.25, 0.3) is 0 Å². The molecule has 0 radical (unpaired) electrons. The minimum Gasteiger partial charge on any atom is -0.326 e. The van der Waals surface area contributed by atoms with Gasteiger partial charge in [0, 0.05) is 11.6 Å². The Morgan fingerprint density at radius 2 is 1.86 bits per heavy atom. The molecule has 1 aliphatic carbocycles. The van der Waals surface area contributed by atoms with Gasteiger partial charge in [0.1, 0.15) is 11.6 Å². The fraction of sp³-hybridized carbons (Fsp3) is 0.500. The van der Waals surface area contributed by atoms with E-state index in [2.05, 4.69) is 10.6 Å². The number of carbonyl (C=O) groups is 1. The SMILES string of the molecule is Cl.O=C(Nc1cc(F)c(I)c(F)c1)C1CC12CCNCC2. The van der Waals surface area contributed by atoms with Crippen LogP contribution >= 0.6 is 35.0 Å². The molecule has 1 spiro atoms. The summed E-state index contributed by atoms with van der Waals surface area (Å²) in [7, 11) is 0. The van der Waals surface area contributed by atoms with E-state index in [4.69, 9.17) is 0 Å². The molecule has 1 aliphatic heterocycles. The van der Waals surface area contributed by atoms with Crippen LogP contribution in [-0.2, 0) is 4.79 Å². The zero-order valence-corrected chi connectivity index (χ0v) is 14.2. The number of amides is 1. The van der Waals surface area contributed by atoms with Gasteiger partial charge < -0.3 is 10.6 Å². The molecule has 7 heteroatoms. The Morgan fingerprint density at radius 3 is 2.43 bits per heavy atom. The molecule has 1 heterocycles. The van der Waals surface area contributed by atoms with Crippen molar-refractivity contribution in [3.63, 3.8) is 0 Å². The van der Waals surface area contributed by atoms with Gasteiger partial charge in [-0.15, -0.1) is 12.4 Å². The molecule has 2 aliphatic rings. The van der Waals surface area contributed by atoms with E-state index in [1.54, 1.807) is 22.6 Å². The van der Waals surface area contributed by atoms with Crippen molar-refractivity contribution in [2.45, 2.75) is 19.3 Å². The van der Waals surface area contributed by atoms with Crippen LogP contribution in [0.5, 0.6) is 0 Å². The molecular formula is C14H16ClF2IN2O. The predicted molar refractivity (Wildman–Crippen MR) is 87.6 cm³/mol. The largest absolute Gasteiger partial charge is 0.326 e. The first-order valence-corrected chi connectivity index (χ1v) is 7.76. The second-order valence-corrected chi connectivity index (χ2v) is 6.69. The monoisotopic (exact) mass is 428 g/mol. The number of hydrogen-bond acceptors (Lipinski definition) is 2. The predicted octanol–water partition coefficient (Wildman–Crippen LogP) is 3.32. The van der Waals surface area contributed by atoms with Crippen molar-refractivity contribution in [3.05, 3.63) is 27.3 Å². The van der Waals surface area contributed by atoms with E-state index in [9.17, 15) is 13.6 Å². The maximum atomic E-state index is 13.4. The number of nitrogens with one attached hydrogen (secondary N) is 2. The Hall–Kier alpha value is -0.470. The molecule has 2 fully saturated rings. The van der Waals surface area contributed by atoms with Crippen molar-refractivity contribution >= 4 is 46.6 Å². The van der Waals surface area contributed by atoms with Crippen LogP contribution in [0.3, 0.4) is 0 Å². The minimum atomic E-state index is -0.645. The van der Waals surface area contributed by atoms with Gasteiger partial charge in [-0.05, 0) is 72.5 Å². The highest BCUT2D eigenvalue weighted by molar-refractivity contribution is 14.1. The van der Waals surface area contributed by atoms with Gasteiger partial charge in [0.2, 0.25) is 5.91 Å². The van der Waals surface area contributed by atoms with Crippen LogP contribution in [0, 0.1) is 26.5 Å². The first kappa shape index (κ1) is 16.9. The lowest BCUT2D eigenvalue weighted by atomic mass is 9.92. The fourth-order valence-electron chi connectivity index (χ4n) is 3.05. The highest BCUT2D eigenvalue weighted by Gasteiger charge is 2.57. The number of carbonyl (C=O) groups excluding carboxylic acids is 1. The van der Waals surface area contributed by atoms with Gasteiger partial charge in [0.15, 0.2) is 0 Å². The average molecular weight is 429 g/mol. The summed E-state index contributed by atoms with van der Waals surface area (Å²) in [5, 5.41) is 5.92. The molecule has 1 atom stereocenters. The Morgan fingerprint density at radius 1 is 1.29 bits per heavy atom. The standard InChI is InChI=1S/C14H15F2IN2O.ClH/c15-10-5-8(6-11(16)12(10)17)19-13(20)9-7-14(9)1-3-18-4-2-14;/h5-6,9,18H,1-4,7H2,(H,19,20);1H. The van der Waals surface area contributed by atoms with Crippen LogP contribution in [0.25, 0.3) is 0 Å². The minimum absolute atomic E-state index is 0. The summed E-state index contributed by atoms with van der Waals surface area (Å²) < 4.78 is 26.8. The summed E-state index contributed by atoms with van der Waals surface area (Å²) >= 11 is 1.61. The van der Waals surface area contributed by atoms with Crippen LogP contribution in [0.15, 0.2) is 12.1 Å². The molecule has 0 aromatic heterocycles. The Kier molecular flexibility index (Phi) is 5.10. The summed E-state index contributed by atoms with van der Waals surface area (Å²) in [5.41, 5.74) is 0.316. The van der Waals surface area contributed by atoms with Crippen molar-refractivity contribution in [2.75, 3.05) is 18.4 Å². The average Bonchev–Trinajstić information content (AvgIpc) is 3.10. The van der Waals surface area contributed by atoms with Gasteiger partial charge in [-0.3, -0.25) is 4.79 Å². The van der Waals surface area contributed by atoms with Crippen molar-refractivity contribution in [1.29, 1.82) is 0 Å². The molecule has 1 saturated heterocycles. The molecule has 1 aromatic rings. The summed E-state index contributed by atoms with van der Waals surface area (Å²) in [6.45, 7) is 1.88. The van der Waals surface area contributed by atoms with Gasteiger partial charge in [-0.25, -0.2) is 8.78 Å². The molecule has 3 rings (SSSR count). The van der Waals surface area contributed by atoms with E-state index < -0.39 is 11.6 Å². The number of hydrogen-bond donors (Lipinski definition) is 2. The van der Waals surface area contributed by atoms with Gasteiger partial charge in [0.05, 0.1) is 3.57 Å². The van der Waals surface area contributed by atoms with Crippen molar-refractivity contribution in [2.24, 2.45) is 11.3 Å². The maximum Gasteiger partial charge on any atom is 0.228 e. The number of anilines is 1. The van der Waals surface area contributed by atoms with E-state index >= 15 is 0 Å². The number of halogens is 4. The summed E-state index contributed by atoms with van der Waals surface area (Å²) in [4.78, 5) is 12.2. The highest BCUT2D eigenvalue weighted by atomic mass is 127. The van der Waals surface area contributed by atoms with Gasteiger partial charge >= 0.3 is 0 Å². The molecule has 1 unspecified atom stereocenters. The quantitative estimate of drug-likeness (QED) is 0.560. The van der Waals surface area contributed by atoms with Crippen LogP contribution in [-0.4, -0.2) is 19.0 Å². The van der Waals surface area contributed by atoms with E-state index in [0.29, 0.717) is 0 Å². The molecule has 0 bridgehead atoms. The fourth-order valence-corrected chi connectivity index (χ4v) is 3.36. The van der Waals surface area contributed by atoms with Crippen LogP contribution in [0.4, 0.5) is 14.5 Å². The van der Waals surface area contributed by atoms with Crippen molar-refractivity contribution < 1.29 is 13.6 Å². The summed E-state index contributed by atoms with van der Waals surface area (Å²) in [6, 6.07) is 2.33. The first-order chi connectivity index (χ1) is 9.52. The lowest BCUT2D eigenvalue weighted by Gasteiger charge is -2.23. The lowest BCUT2D eigenvalue weighted by Crippen LogP contribution is -2.31. The topological polar surface area (TPSA) is 41.1 Å². The number of benzene rings is 1. The third-order valence-electron chi connectivity index (χ3n) is 4.36. The molecule has 1 amide bonds. The van der Waals surface area contributed by atoms with E-state index in [1.165, 1.54) is 12.1 Å². The van der Waals surface area contributed by atoms with Gasteiger partial charge in [-0.2, -0.15) is 0 Å². The van der Waals surface area contributed by atoms with Gasteiger partial charge in [-0.1, -0.05) is 0 Å². The molecule has 3 nitrogen and oxygen atoms in total. The third-order valence-corrected chi connectivity index (χ3v) is 5.39. The molecule has 116 valence electrons. The second kappa shape index (κ2) is 6.34. The van der Waals surface area contributed by atoms with E-state index in [0.717, 1.165) is 32.4 Å². The third kappa shape index (κ3) is 3.32. The Bertz CT molecular complexity index is 541. The Labute approximate surface area is 141 Å². The smallest absolute Gasteiger partial charge is 0.228 e. The van der Waals surface area contributed by atoms with Crippen LogP contribution in [0.2, 0.25) is 0 Å². The summed E-state index contributed by atoms with van der Waals surface area (Å²) in [6.07, 6.45) is 2.89. The number of rotatable bonds is 2. The van der Waals surface area contributed by atoms with Crippen molar-refractivity contribution in [3.8, 4) is 0 Å². The van der Waals surface area contributed by atoms with Crippen LogP contribution < -0.4 is 10.6 Å². The molecular weight excluding hydrogens is 413 g/mol. The van der Waals surface area contributed by atoms with Crippen LogP contribution in [0.1, 0.15) is 19.3 Å². The van der Waals surface area contributed by atoms with E-state index in [1.807, 2.05) is 0 Å². The molecule has 1 aromatic carbocycles. The Balaban J connectivity index is 0.00000161. The number of piperidine rings is 1. The second-order valence-electron chi connectivity index (χ2n) is 5.61. The molecule has 21 heavy (non-hydrogen) atoms. The summed E-state index contributed by atoms with van der Waals surface area (Å²) in [5.74, 6) is -1.43. The lowest BCUT2D eigenvalue weighted by molar-refractivity contribution is -0.118. The molecule has 2 N–H and O–H groups in total. The zero-order valence-electron chi connectivity index (χ0n) is 11.2. The zero-order chi connectivity index (χ0) is 14.3. The highest BCUT2D eigenvalue weighted by Crippen LogP contribution is 2.58. The maximum absolute atomic E-state index is 13.4. The molecule has 1 saturated carbocycles. The normalized spacial score (nSPS) is 22.5. The van der Waals surface area contributed by atoms with Crippen molar-refractivity contribution in [1.82, 2.24) is 5.32 Å². The first-order valence-electron chi connectivity index (χ1n) is 6.68. The van der Waals surface area contributed by atoms with E-state index in [-0.39, 0.29) is 38.9 Å².